The summed E-state index contributed by atoms with van der Waals surface area (Å²) in [5.74, 6) is 1.88. The van der Waals surface area contributed by atoms with Crippen molar-refractivity contribution in [1.82, 2.24) is 5.16 Å². The van der Waals surface area contributed by atoms with Gasteiger partial charge in [-0.3, -0.25) is 0 Å². The standard InChI is InChI=1S/C14H13BFN3O2/c16-12-7-10(11-8-18-21-14(11)20)1-2-13(12)19-5-3-15(9-17)4-6-19/h1-2,7-8,18H,3-6H2. The summed E-state index contributed by atoms with van der Waals surface area (Å²) in [6, 6.07) is 4.71. The number of rotatable bonds is 2. The molecule has 1 aromatic heterocycles. The normalized spacial score (nSPS) is 15.0. The molecule has 0 amide bonds. The monoisotopic (exact) mass is 285 g/mol. The summed E-state index contributed by atoms with van der Waals surface area (Å²) < 4.78 is 18.9. The lowest BCUT2D eigenvalue weighted by atomic mass is 9.45. The van der Waals surface area contributed by atoms with Gasteiger partial charge in [-0.25, -0.2) is 19.6 Å². The van der Waals surface area contributed by atoms with E-state index in [-0.39, 0.29) is 12.5 Å². The Balaban J connectivity index is 1.84. The quantitative estimate of drug-likeness (QED) is 0.858. The summed E-state index contributed by atoms with van der Waals surface area (Å²) in [6.07, 6.45) is 2.91. The molecule has 1 aliphatic heterocycles. The molecule has 1 fully saturated rings. The summed E-state index contributed by atoms with van der Waals surface area (Å²) in [7, 11) is 0. The minimum Gasteiger partial charge on any atom is -0.370 e. The van der Waals surface area contributed by atoms with E-state index in [1.807, 2.05) is 4.90 Å². The number of hydrogen-bond donors (Lipinski definition) is 1. The van der Waals surface area contributed by atoms with Crippen LogP contribution in [-0.2, 0) is 0 Å². The van der Waals surface area contributed by atoms with Crippen molar-refractivity contribution in [3.63, 3.8) is 0 Å². The van der Waals surface area contributed by atoms with Gasteiger partial charge in [-0.2, -0.15) is 0 Å². The van der Waals surface area contributed by atoms with Crippen molar-refractivity contribution < 1.29 is 8.91 Å². The third-order valence-corrected chi connectivity index (χ3v) is 3.85. The maximum Gasteiger partial charge on any atom is 0.364 e. The topological polar surface area (TPSA) is 73.0 Å². The number of nitrogens with one attached hydrogen (secondary N) is 1. The number of aromatic nitrogens is 1. The third kappa shape index (κ3) is 2.57. The second-order valence-electron chi connectivity index (χ2n) is 5.12. The fourth-order valence-electron chi connectivity index (χ4n) is 2.64. The number of aromatic amines is 1. The Bertz CT molecular complexity index is 741. The summed E-state index contributed by atoms with van der Waals surface area (Å²) in [5, 5.41) is 11.2. The molecule has 2 heterocycles. The summed E-state index contributed by atoms with van der Waals surface area (Å²) in [4.78, 5) is 13.4. The highest BCUT2D eigenvalue weighted by Gasteiger charge is 2.24. The number of benzene rings is 1. The first-order valence-electron chi connectivity index (χ1n) is 6.80. The number of anilines is 1. The summed E-state index contributed by atoms with van der Waals surface area (Å²) in [6.45, 7) is 1.40. The Labute approximate surface area is 121 Å². The predicted octanol–water partition coefficient (Wildman–Crippen LogP) is 2.15. The predicted molar refractivity (Wildman–Crippen MR) is 77.9 cm³/mol. The van der Waals surface area contributed by atoms with Crippen LogP contribution in [0.1, 0.15) is 0 Å². The fourth-order valence-corrected chi connectivity index (χ4v) is 2.64. The maximum absolute atomic E-state index is 14.3. The zero-order chi connectivity index (χ0) is 14.8. The van der Waals surface area contributed by atoms with E-state index in [0.717, 1.165) is 12.6 Å². The highest BCUT2D eigenvalue weighted by molar-refractivity contribution is 6.67. The van der Waals surface area contributed by atoms with Crippen LogP contribution in [0.3, 0.4) is 0 Å². The molecule has 0 bridgehead atoms. The Kier molecular flexibility index (Phi) is 3.52. The van der Waals surface area contributed by atoms with E-state index in [9.17, 15) is 9.18 Å². The second kappa shape index (κ2) is 5.48. The molecule has 0 radical (unpaired) electrons. The Morgan fingerprint density at radius 3 is 2.71 bits per heavy atom. The van der Waals surface area contributed by atoms with E-state index in [1.54, 1.807) is 12.1 Å². The van der Waals surface area contributed by atoms with E-state index < -0.39 is 5.63 Å². The number of nitrogens with zero attached hydrogens (tertiary/aromatic N) is 2. The van der Waals surface area contributed by atoms with Crippen molar-refractivity contribution in [3.05, 3.63) is 40.6 Å². The summed E-state index contributed by atoms with van der Waals surface area (Å²) >= 11 is 0. The lowest BCUT2D eigenvalue weighted by molar-refractivity contribution is 0.392. The number of halogens is 1. The van der Waals surface area contributed by atoms with E-state index in [4.69, 9.17) is 5.26 Å². The second-order valence-corrected chi connectivity index (χ2v) is 5.12. The van der Waals surface area contributed by atoms with Crippen LogP contribution >= 0.6 is 0 Å². The lowest BCUT2D eigenvalue weighted by Crippen LogP contribution is -2.36. The molecule has 0 saturated carbocycles. The molecular weight excluding hydrogens is 272 g/mol. The molecule has 0 spiro atoms. The molecule has 106 valence electrons. The van der Waals surface area contributed by atoms with Crippen LogP contribution < -0.4 is 10.5 Å². The molecule has 2 aromatic rings. The van der Waals surface area contributed by atoms with Gasteiger partial charge in [-0.05, 0) is 30.3 Å². The van der Waals surface area contributed by atoms with Crippen molar-refractivity contribution >= 4 is 12.4 Å². The zero-order valence-electron chi connectivity index (χ0n) is 11.3. The van der Waals surface area contributed by atoms with Gasteiger partial charge in [-0.1, -0.05) is 6.07 Å². The van der Waals surface area contributed by atoms with Crippen LogP contribution in [-0.4, -0.2) is 25.0 Å². The smallest absolute Gasteiger partial charge is 0.364 e. The van der Waals surface area contributed by atoms with E-state index >= 15 is 0 Å². The largest absolute Gasteiger partial charge is 0.370 e. The molecule has 21 heavy (non-hydrogen) atoms. The highest BCUT2D eigenvalue weighted by atomic mass is 19.1. The first-order valence-corrected chi connectivity index (χ1v) is 6.80. The Morgan fingerprint density at radius 2 is 2.14 bits per heavy atom. The molecule has 1 N–H and O–H groups in total. The van der Waals surface area contributed by atoms with Crippen LogP contribution in [0.5, 0.6) is 0 Å². The minimum absolute atomic E-state index is 0.0630. The van der Waals surface area contributed by atoms with Gasteiger partial charge in [0.05, 0.1) is 17.4 Å². The average Bonchev–Trinajstić information content (AvgIpc) is 2.93. The minimum atomic E-state index is -0.517. The van der Waals surface area contributed by atoms with Gasteiger partial charge in [-0.15, -0.1) is 0 Å². The molecule has 3 rings (SSSR count). The molecule has 7 heteroatoms. The van der Waals surface area contributed by atoms with Gasteiger partial charge >= 0.3 is 5.63 Å². The molecular formula is C14H13BFN3O2. The van der Waals surface area contributed by atoms with Crippen molar-refractivity contribution in [2.24, 2.45) is 0 Å². The number of hydrogen-bond acceptors (Lipinski definition) is 4. The number of nitriles is 1. The first kappa shape index (κ1) is 13.5. The van der Waals surface area contributed by atoms with Gasteiger partial charge in [0, 0.05) is 19.1 Å². The average molecular weight is 285 g/mol. The van der Waals surface area contributed by atoms with Gasteiger partial charge in [0.25, 0.3) is 6.71 Å². The lowest BCUT2D eigenvalue weighted by Gasteiger charge is -2.30. The van der Waals surface area contributed by atoms with Gasteiger partial charge < -0.3 is 9.42 Å². The fraction of sp³-hybridized carbons (Fsp3) is 0.286. The first-order chi connectivity index (χ1) is 10.2. The van der Waals surface area contributed by atoms with Crippen molar-refractivity contribution in [3.8, 4) is 17.1 Å². The molecule has 1 aromatic carbocycles. The van der Waals surface area contributed by atoms with E-state index in [0.29, 0.717) is 29.9 Å². The Morgan fingerprint density at radius 1 is 1.38 bits per heavy atom. The summed E-state index contributed by atoms with van der Waals surface area (Å²) in [5.41, 5.74) is 0.786. The van der Waals surface area contributed by atoms with Gasteiger partial charge in [0.15, 0.2) is 0 Å². The van der Waals surface area contributed by atoms with Crippen LogP contribution in [0.4, 0.5) is 10.1 Å². The molecule has 0 atom stereocenters. The highest BCUT2D eigenvalue weighted by Crippen LogP contribution is 2.27. The molecule has 1 aliphatic rings. The SMILES string of the molecule is N#CB1CCN(c2ccc(-c3c[nH]oc3=O)cc2F)CC1. The van der Waals surface area contributed by atoms with Gasteiger partial charge in [0.1, 0.15) is 5.82 Å². The van der Waals surface area contributed by atoms with E-state index in [2.05, 4.69) is 15.6 Å². The number of H-pyrrole nitrogens is 1. The van der Waals surface area contributed by atoms with E-state index in [1.165, 1.54) is 12.3 Å². The van der Waals surface area contributed by atoms with Gasteiger partial charge in [0.2, 0.25) is 0 Å². The van der Waals surface area contributed by atoms with Crippen LogP contribution in [0.2, 0.25) is 12.6 Å². The van der Waals surface area contributed by atoms with Crippen LogP contribution in [0.15, 0.2) is 33.7 Å². The van der Waals surface area contributed by atoms with Crippen LogP contribution in [0, 0.1) is 17.0 Å². The molecule has 1 saturated heterocycles. The van der Waals surface area contributed by atoms with Crippen molar-refractivity contribution in [1.29, 1.82) is 5.26 Å². The molecule has 0 unspecified atom stereocenters. The Hall–Kier alpha value is -2.49. The zero-order valence-corrected chi connectivity index (χ0v) is 11.3. The molecule has 0 aliphatic carbocycles. The third-order valence-electron chi connectivity index (χ3n) is 3.85. The molecule has 5 nitrogen and oxygen atoms in total. The van der Waals surface area contributed by atoms with Crippen molar-refractivity contribution in [2.75, 3.05) is 18.0 Å². The van der Waals surface area contributed by atoms with Crippen LogP contribution in [0.25, 0.3) is 11.1 Å². The maximum atomic E-state index is 14.3. The van der Waals surface area contributed by atoms with Crippen molar-refractivity contribution in [2.45, 2.75) is 12.6 Å².